The first-order valence-corrected chi connectivity index (χ1v) is 13.1. The van der Waals surface area contributed by atoms with Crippen LogP contribution in [0.2, 0.25) is 0 Å². The molecule has 2 aliphatic heterocycles. The molecule has 0 unspecified atom stereocenters. The van der Waals surface area contributed by atoms with Gasteiger partial charge in [0.15, 0.2) is 6.29 Å². The normalized spacial score (nSPS) is 28.3. The lowest BCUT2D eigenvalue weighted by molar-refractivity contribution is -0.277. The minimum Gasteiger partial charge on any atom is -0.402 e. The average Bonchev–Trinajstić information content (AvgIpc) is 3.17. The Labute approximate surface area is 193 Å². The summed E-state index contributed by atoms with van der Waals surface area (Å²) < 4.78 is 32.4. The summed E-state index contributed by atoms with van der Waals surface area (Å²) in [7, 11) is -2.03. The second-order valence-corrected chi connectivity index (χ2v) is 12.9. The van der Waals surface area contributed by atoms with Gasteiger partial charge in [-0.2, -0.15) is 0 Å². The molecular formula is C26H36O5Si. The Morgan fingerprint density at radius 3 is 1.72 bits per heavy atom. The molecule has 5 nitrogen and oxygen atoms in total. The van der Waals surface area contributed by atoms with Crippen molar-refractivity contribution in [2.45, 2.75) is 83.5 Å². The smallest absolute Gasteiger partial charge is 0.240 e. The predicted molar refractivity (Wildman–Crippen MR) is 128 cm³/mol. The van der Waals surface area contributed by atoms with Crippen molar-refractivity contribution in [1.82, 2.24) is 0 Å². The maximum absolute atomic E-state index is 7.09. The first-order chi connectivity index (χ1) is 15.1. The van der Waals surface area contributed by atoms with E-state index in [0.717, 1.165) is 0 Å². The Balaban J connectivity index is 1.73. The molecule has 0 aromatic heterocycles. The van der Waals surface area contributed by atoms with E-state index in [1.807, 2.05) is 32.9 Å². The van der Waals surface area contributed by atoms with Crippen LogP contribution in [-0.2, 0) is 23.4 Å². The molecule has 2 aromatic rings. The molecular weight excluding hydrogens is 420 g/mol. The topological polar surface area (TPSA) is 46.2 Å². The van der Waals surface area contributed by atoms with Gasteiger partial charge in [0.1, 0.15) is 24.4 Å². The van der Waals surface area contributed by atoms with Gasteiger partial charge in [-0.15, -0.1) is 0 Å². The fraction of sp³-hybridized carbons (Fsp3) is 0.538. The molecule has 2 heterocycles. The quantitative estimate of drug-likeness (QED) is 0.626. The lowest BCUT2D eigenvalue weighted by atomic mass is 9.98. The average molecular weight is 457 g/mol. The fourth-order valence-corrected chi connectivity index (χ4v) is 6.80. The molecule has 0 N–H and O–H groups in total. The van der Waals surface area contributed by atoms with Crippen LogP contribution in [0.15, 0.2) is 60.7 Å². The highest BCUT2D eigenvalue weighted by molar-refractivity contribution is 6.80. The summed E-state index contributed by atoms with van der Waals surface area (Å²) in [5.74, 6) is 0. The van der Waals surface area contributed by atoms with E-state index in [1.165, 1.54) is 10.4 Å². The minimum absolute atomic E-state index is 0.176. The SMILES string of the molecule is CC(C)(C)O[C@H]1[C@@H]2OC[C@@H](O2)[C@@H](OC(C)(C)C)[C@@H]1O[SiH](c1ccccc1)c1ccccc1. The summed E-state index contributed by atoms with van der Waals surface area (Å²) in [6, 6.07) is 21.0. The third kappa shape index (κ3) is 5.68. The zero-order valence-corrected chi connectivity index (χ0v) is 21.1. The lowest BCUT2D eigenvalue weighted by Gasteiger charge is -2.45. The molecule has 0 spiro atoms. The van der Waals surface area contributed by atoms with Gasteiger partial charge in [0.2, 0.25) is 9.04 Å². The summed E-state index contributed by atoms with van der Waals surface area (Å²) >= 11 is 0. The first-order valence-electron chi connectivity index (χ1n) is 11.5. The number of benzene rings is 2. The molecule has 4 rings (SSSR count). The van der Waals surface area contributed by atoms with Crippen molar-refractivity contribution in [3.05, 3.63) is 60.7 Å². The van der Waals surface area contributed by atoms with Gasteiger partial charge in [-0.1, -0.05) is 60.7 Å². The Hall–Kier alpha value is -1.54. The van der Waals surface area contributed by atoms with Gasteiger partial charge in [0.05, 0.1) is 17.8 Å². The standard InChI is InChI=1S/C26H36O5Si/c1-25(2,3)29-21-20-17-27-24(28-20)23(30-26(4,5)6)22(21)31-32(18-13-9-7-10-14-18)19-15-11-8-12-16-19/h7-16,20-24,32H,17H2,1-6H3/t20-,21-,22+,23-,24-/m1/s1. The number of hydrogen-bond donors (Lipinski definition) is 0. The van der Waals surface area contributed by atoms with E-state index < -0.39 is 15.3 Å². The van der Waals surface area contributed by atoms with Crippen molar-refractivity contribution in [3.63, 3.8) is 0 Å². The van der Waals surface area contributed by atoms with Gasteiger partial charge in [-0.05, 0) is 51.9 Å². The predicted octanol–water partition coefficient (Wildman–Crippen LogP) is 3.03. The molecule has 2 saturated heterocycles. The molecule has 0 aliphatic carbocycles. The van der Waals surface area contributed by atoms with Crippen LogP contribution >= 0.6 is 0 Å². The highest BCUT2D eigenvalue weighted by atomic mass is 28.3. The molecule has 0 radical (unpaired) electrons. The molecule has 2 aliphatic rings. The van der Waals surface area contributed by atoms with Crippen LogP contribution in [0.4, 0.5) is 0 Å². The van der Waals surface area contributed by atoms with E-state index in [-0.39, 0.29) is 35.6 Å². The van der Waals surface area contributed by atoms with Gasteiger partial charge in [-0.3, -0.25) is 0 Å². The van der Waals surface area contributed by atoms with Crippen LogP contribution < -0.4 is 10.4 Å². The van der Waals surface area contributed by atoms with Crippen LogP contribution in [0, 0.1) is 0 Å². The Morgan fingerprint density at radius 1 is 0.719 bits per heavy atom. The molecule has 2 aromatic carbocycles. The molecule has 2 fully saturated rings. The molecule has 0 saturated carbocycles. The number of fused-ring (bicyclic) bond motifs is 2. The maximum Gasteiger partial charge on any atom is 0.240 e. The summed E-state index contributed by atoms with van der Waals surface area (Å²) in [6.07, 6.45) is -1.61. The maximum atomic E-state index is 7.09. The van der Waals surface area contributed by atoms with Gasteiger partial charge >= 0.3 is 0 Å². The second-order valence-electron chi connectivity index (χ2n) is 10.6. The van der Waals surface area contributed by atoms with Crippen molar-refractivity contribution in [3.8, 4) is 0 Å². The number of ether oxygens (including phenoxy) is 4. The minimum atomic E-state index is -2.03. The first kappa shape index (κ1) is 23.6. The largest absolute Gasteiger partial charge is 0.402 e. The van der Waals surface area contributed by atoms with E-state index in [9.17, 15) is 0 Å². The van der Waals surface area contributed by atoms with Gasteiger partial charge in [0, 0.05) is 0 Å². The lowest BCUT2D eigenvalue weighted by Crippen LogP contribution is -2.63. The Kier molecular flexibility index (Phi) is 6.91. The van der Waals surface area contributed by atoms with E-state index in [4.69, 9.17) is 23.4 Å². The Bertz CT molecular complexity index is 792. The van der Waals surface area contributed by atoms with Crippen molar-refractivity contribution >= 4 is 19.4 Å². The summed E-state index contributed by atoms with van der Waals surface area (Å²) in [4.78, 5) is 0. The van der Waals surface area contributed by atoms with Crippen LogP contribution in [0.3, 0.4) is 0 Å². The second kappa shape index (κ2) is 9.37. The molecule has 5 atom stereocenters. The molecule has 2 bridgehead atoms. The van der Waals surface area contributed by atoms with Crippen LogP contribution in [-0.4, -0.2) is 57.6 Å². The fourth-order valence-electron chi connectivity index (χ4n) is 4.34. The van der Waals surface area contributed by atoms with Crippen molar-refractivity contribution in [2.75, 3.05) is 6.61 Å². The van der Waals surface area contributed by atoms with Crippen molar-refractivity contribution < 1.29 is 23.4 Å². The summed E-state index contributed by atoms with van der Waals surface area (Å²) in [6.45, 7) is 12.8. The van der Waals surface area contributed by atoms with E-state index in [0.29, 0.717) is 6.61 Å². The zero-order valence-electron chi connectivity index (χ0n) is 20.0. The summed E-state index contributed by atoms with van der Waals surface area (Å²) in [5, 5.41) is 2.45. The van der Waals surface area contributed by atoms with Crippen molar-refractivity contribution in [2.24, 2.45) is 0 Å². The highest BCUT2D eigenvalue weighted by Gasteiger charge is 2.55. The van der Waals surface area contributed by atoms with Crippen molar-refractivity contribution in [1.29, 1.82) is 0 Å². The summed E-state index contributed by atoms with van der Waals surface area (Å²) in [5.41, 5.74) is -0.731. The third-order valence-electron chi connectivity index (χ3n) is 5.49. The number of rotatable bonds is 6. The van der Waals surface area contributed by atoms with Crippen LogP contribution in [0.5, 0.6) is 0 Å². The molecule has 6 heteroatoms. The van der Waals surface area contributed by atoms with Crippen LogP contribution in [0.25, 0.3) is 0 Å². The van der Waals surface area contributed by atoms with Gasteiger partial charge in [0.25, 0.3) is 0 Å². The van der Waals surface area contributed by atoms with E-state index in [2.05, 4.69) is 69.3 Å². The van der Waals surface area contributed by atoms with E-state index >= 15 is 0 Å². The molecule has 174 valence electrons. The third-order valence-corrected chi connectivity index (χ3v) is 8.06. The highest BCUT2D eigenvalue weighted by Crippen LogP contribution is 2.37. The Morgan fingerprint density at radius 2 is 1.22 bits per heavy atom. The van der Waals surface area contributed by atoms with Gasteiger partial charge in [-0.25, -0.2) is 0 Å². The van der Waals surface area contributed by atoms with E-state index in [1.54, 1.807) is 0 Å². The number of hydrogen-bond acceptors (Lipinski definition) is 5. The van der Waals surface area contributed by atoms with Gasteiger partial charge < -0.3 is 23.4 Å². The molecule has 32 heavy (non-hydrogen) atoms. The zero-order chi connectivity index (χ0) is 22.9. The monoisotopic (exact) mass is 456 g/mol. The molecule has 0 amide bonds. The van der Waals surface area contributed by atoms with Crippen LogP contribution in [0.1, 0.15) is 41.5 Å².